The molecule has 0 radical (unpaired) electrons. The number of benzene rings is 2. The summed E-state index contributed by atoms with van der Waals surface area (Å²) in [6, 6.07) is 14.4. The maximum atomic E-state index is 12.5. The summed E-state index contributed by atoms with van der Waals surface area (Å²) in [4.78, 5) is 16.7. The van der Waals surface area contributed by atoms with Crippen molar-refractivity contribution in [2.45, 2.75) is 0 Å². The number of hydrogen-bond donors (Lipinski definition) is 2. The summed E-state index contributed by atoms with van der Waals surface area (Å²) in [6.07, 6.45) is 3.16. The first kappa shape index (κ1) is 16.7. The third-order valence-corrected chi connectivity index (χ3v) is 3.99. The molecular weight excluding hydrogens is 346 g/mol. The lowest BCUT2D eigenvalue weighted by atomic mass is 10.2. The number of ether oxygens (including phenoxy) is 3. The second-order valence-electron chi connectivity index (χ2n) is 5.84. The molecule has 1 aliphatic heterocycles. The van der Waals surface area contributed by atoms with Gasteiger partial charge in [-0.25, -0.2) is 0 Å². The lowest BCUT2D eigenvalue weighted by Crippen LogP contribution is -2.12. The molecule has 2 aromatic carbocycles. The van der Waals surface area contributed by atoms with Gasteiger partial charge in [0.25, 0.3) is 5.91 Å². The fraction of sp³-hybridized carbons (Fsp3) is 0.100. The van der Waals surface area contributed by atoms with Crippen molar-refractivity contribution in [1.29, 1.82) is 0 Å². The van der Waals surface area contributed by atoms with Gasteiger partial charge in [-0.1, -0.05) is 6.07 Å². The number of hydrogen-bond acceptors (Lipinski definition) is 6. The Morgan fingerprint density at radius 2 is 1.89 bits per heavy atom. The summed E-state index contributed by atoms with van der Waals surface area (Å²) in [5, 5.41) is 6.05. The Labute approximate surface area is 155 Å². The smallest absolute Gasteiger partial charge is 0.257 e. The Bertz CT molecular complexity index is 990. The van der Waals surface area contributed by atoms with E-state index in [9.17, 15) is 4.79 Å². The molecule has 2 N–H and O–H groups in total. The average Bonchev–Trinajstić information content (AvgIpc) is 3.16. The molecule has 0 saturated heterocycles. The number of nitrogens with zero attached hydrogens (tertiary/aromatic N) is 1. The Morgan fingerprint density at radius 3 is 2.78 bits per heavy atom. The number of fused-ring (bicyclic) bond motifs is 1. The van der Waals surface area contributed by atoms with Crippen molar-refractivity contribution >= 4 is 23.0 Å². The summed E-state index contributed by atoms with van der Waals surface area (Å²) in [5.74, 6) is 1.80. The molecule has 0 atom stereocenters. The highest BCUT2D eigenvalue weighted by molar-refractivity contribution is 6.04. The average molecular weight is 363 g/mol. The van der Waals surface area contributed by atoms with Crippen molar-refractivity contribution in [3.63, 3.8) is 0 Å². The van der Waals surface area contributed by atoms with Crippen LogP contribution in [-0.4, -0.2) is 24.8 Å². The normalized spacial score (nSPS) is 11.7. The Hall–Kier alpha value is -3.74. The van der Waals surface area contributed by atoms with E-state index in [4.69, 9.17) is 14.2 Å². The zero-order valence-electron chi connectivity index (χ0n) is 14.6. The van der Waals surface area contributed by atoms with Gasteiger partial charge in [-0.05, 0) is 30.3 Å². The van der Waals surface area contributed by atoms with E-state index in [0.717, 1.165) is 5.69 Å². The van der Waals surface area contributed by atoms with Crippen LogP contribution in [0.3, 0.4) is 0 Å². The number of nitrogens with one attached hydrogen (secondary N) is 2. The molecule has 0 spiro atoms. The molecule has 1 amide bonds. The summed E-state index contributed by atoms with van der Waals surface area (Å²) >= 11 is 0. The van der Waals surface area contributed by atoms with Crippen LogP contribution in [0.25, 0.3) is 0 Å². The monoisotopic (exact) mass is 363 g/mol. The number of carbonyl (C=O) groups excluding carboxylic acids is 1. The molecule has 3 aromatic rings. The van der Waals surface area contributed by atoms with Gasteiger partial charge in [0, 0.05) is 29.7 Å². The van der Waals surface area contributed by atoms with Crippen molar-refractivity contribution in [3.05, 3.63) is 66.5 Å². The van der Waals surface area contributed by atoms with Gasteiger partial charge in [0.1, 0.15) is 5.75 Å². The topological polar surface area (TPSA) is 81.7 Å². The van der Waals surface area contributed by atoms with Gasteiger partial charge in [0.15, 0.2) is 11.5 Å². The first-order valence-electron chi connectivity index (χ1n) is 8.28. The van der Waals surface area contributed by atoms with Crippen LogP contribution in [0.2, 0.25) is 0 Å². The molecule has 7 nitrogen and oxygen atoms in total. The number of rotatable bonds is 5. The van der Waals surface area contributed by atoms with Gasteiger partial charge < -0.3 is 24.8 Å². The Kier molecular flexibility index (Phi) is 4.49. The molecule has 2 heterocycles. The van der Waals surface area contributed by atoms with Gasteiger partial charge in [-0.15, -0.1) is 0 Å². The lowest BCUT2D eigenvalue weighted by Gasteiger charge is -2.10. The van der Waals surface area contributed by atoms with Gasteiger partial charge in [-0.2, -0.15) is 0 Å². The maximum Gasteiger partial charge on any atom is 0.257 e. The molecule has 0 fully saturated rings. The second-order valence-corrected chi connectivity index (χ2v) is 5.84. The zero-order valence-corrected chi connectivity index (χ0v) is 14.6. The van der Waals surface area contributed by atoms with E-state index in [1.54, 1.807) is 31.5 Å². The summed E-state index contributed by atoms with van der Waals surface area (Å²) < 4.78 is 15.8. The van der Waals surface area contributed by atoms with Crippen molar-refractivity contribution in [1.82, 2.24) is 4.98 Å². The fourth-order valence-corrected chi connectivity index (χ4v) is 2.68. The van der Waals surface area contributed by atoms with E-state index in [1.165, 1.54) is 6.20 Å². The molecule has 0 saturated carbocycles. The van der Waals surface area contributed by atoms with Crippen LogP contribution in [0.4, 0.5) is 17.1 Å². The number of pyridine rings is 1. The van der Waals surface area contributed by atoms with E-state index >= 15 is 0 Å². The van der Waals surface area contributed by atoms with E-state index in [2.05, 4.69) is 15.6 Å². The predicted molar refractivity (Wildman–Crippen MR) is 101 cm³/mol. The van der Waals surface area contributed by atoms with Gasteiger partial charge in [0.05, 0.1) is 24.6 Å². The van der Waals surface area contributed by atoms with Crippen LogP contribution < -0.4 is 24.8 Å². The lowest BCUT2D eigenvalue weighted by molar-refractivity contribution is 0.102. The standard InChI is InChI=1S/C20H17N3O4/c1-25-17-4-2-3-14(8-17)23-20(24)13-7-16(11-21-10-13)22-15-5-6-18-19(9-15)27-12-26-18/h2-11,22H,12H2,1H3,(H,23,24). The van der Waals surface area contributed by atoms with Crippen LogP contribution in [0.1, 0.15) is 10.4 Å². The van der Waals surface area contributed by atoms with Crippen LogP contribution in [0.5, 0.6) is 17.2 Å². The summed E-state index contributed by atoms with van der Waals surface area (Å²) in [6.45, 7) is 0.222. The van der Waals surface area contributed by atoms with E-state index in [0.29, 0.717) is 34.2 Å². The van der Waals surface area contributed by atoms with Gasteiger partial charge in [-0.3, -0.25) is 9.78 Å². The SMILES string of the molecule is COc1cccc(NC(=O)c2cncc(Nc3ccc4c(c3)OCO4)c2)c1. The number of aromatic nitrogens is 1. The second kappa shape index (κ2) is 7.25. The minimum Gasteiger partial charge on any atom is -0.497 e. The van der Waals surface area contributed by atoms with Crippen LogP contribution >= 0.6 is 0 Å². The van der Waals surface area contributed by atoms with Crippen molar-refractivity contribution < 1.29 is 19.0 Å². The van der Waals surface area contributed by atoms with Gasteiger partial charge in [0.2, 0.25) is 6.79 Å². The molecule has 4 rings (SSSR count). The van der Waals surface area contributed by atoms with Crippen molar-refractivity contribution in [3.8, 4) is 17.2 Å². The highest BCUT2D eigenvalue weighted by atomic mass is 16.7. The fourth-order valence-electron chi connectivity index (χ4n) is 2.68. The molecular formula is C20H17N3O4. The first-order valence-corrected chi connectivity index (χ1v) is 8.28. The van der Waals surface area contributed by atoms with Crippen molar-refractivity contribution in [2.24, 2.45) is 0 Å². The maximum absolute atomic E-state index is 12.5. The minimum atomic E-state index is -0.259. The largest absolute Gasteiger partial charge is 0.497 e. The molecule has 27 heavy (non-hydrogen) atoms. The predicted octanol–water partition coefficient (Wildman–Crippen LogP) is 3.81. The molecule has 0 bridgehead atoms. The molecule has 0 unspecified atom stereocenters. The van der Waals surface area contributed by atoms with Gasteiger partial charge >= 0.3 is 0 Å². The number of carbonyl (C=O) groups is 1. The quantitative estimate of drug-likeness (QED) is 0.717. The number of anilines is 3. The molecule has 136 valence electrons. The van der Waals surface area contributed by atoms with E-state index in [1.807, 2.05) is 30.3 Å². The van der Waals surface area contributed by atoms with E-state index < -0.39 is 0 Å². The number of methoxy groups -OCH3 is 1. The van der Waals surface area contributed by atoms with Crippen molar-refractivity contribution in [2.75, 3.05) is 24.5 Å². The van der Waals surface area contributed by atoms with E-state index in [-0.39, 0.29) is 12.7 Å². The third-order valence-electron chi connectivity index (χ3n) is 3.99. The Balaban J connectivity index is 1.49. The molecule has 1 aliphatic rings. The summed E-state index contributed by atoms with van der Waals surface area (Å²) in [5.41, 5.74) is 2.58. The molecule has 1 aromatic heterocycles. The molecule has 7 heteroatoms. The number of amides is 1. The molecule has 0 aliphatic carbocycles. The summed E-state index contributed by atoms with van der Waals surface area (Å²) in [7, 11) is 1.58. The zero-order chi connectivity index (χ0) is 18.6. The highest BCUT2D eigenvalue weighted by Gasteiger charge is 2.14. The first-order chi connectivity index (χ1) is 13.2. The van der Waals surface area contributed by atoms with Crippen LogP contribution in [0, 0.1) is 0 Å². The highest BCUT2D eigenvalue weighted by Crippen LogP contribution is 2.35. The third kappa shape index (κ3) is 3.77. The minimum absolute atomic E-state index is 0.222. The van der Waals surface area contributed by atoms with Crippen LogP contribution in [0.15, 0.2) is 60.9 Å². The Morgan fingerprint density at radius 1 is 1.00 bits per heavy atom. The van der Waals surface area contributed by atoms with Crippen LogP contribution in [-0.2, 0) is 0 Å².